The van der Waals surface area contributed by atoms with Crippen LogP contribution >= 0.6 is 0 Å². The average molecular weight is 277 g/mol. The lowest BCUT2D eigenvalue weighted by molar-refractivity contribution is 0.317. The lowest BCUT2D eigenvalue weighted by Gasteiger charge is -2.08. The number of aromatic hydroxyl groups is 1. The maximum Gasteiger partial charge on any atom is 0.125 e. The van der Waals surface area contributed by atoms with Gasteiger partial charge in [-0.2, -0.15) is 0 Å². The van der Waals surface area contributed by atoms with Crippen LogP contribution in [0.15, 0.2) is 23.4 Å². The molecule has 1 rings (SSSR count). The molecule has 3 nitrogen and oxygen atoms in total. The molecule has 0 aliphatic rings. The van der Waals surface area contributed by atoms with Crippen molar-refractivity contribution in [1.82, 2.24) is 0 Å². The molecule has 0 amide bonds. The summed E-state index contributed by atoms with van der Waals surface area (Å²) in [6.07, 6.45) is 9.29. The molecule has 0 fully saturated rings. The van der Waals surface area contributed by atoms with E-state index >= 15 is 0 Å². The van der Waals surface area contributed by atoms with E-state index in [1.165, 1.54) is 32.1 Å². The van der Waals surface area contributed by atoms with Crippen LogP contribution in [0.2, 0.25) is 0 Å². The van der Waals surface area contributed by atoms with Crippen molar-refractivity contribution in [3.63, 3.8) is 0 Å². The Morgan fingerprint density at radius 3 is 2.30 bits per heavy atom. The number of nitrogens with zero attached hydrogens (tertiary/aromatic N) is 1. The van der Waals surface area contributed by atoms with Crippen LogP contribution in [-0.4, -0.2) is 16.0 Å². The third-order valence-corrected chi connectivity index (χ3v) is 3.60. The summed E-state index contributed by atoms with van der Waals surface area (Å²) in [5.41, 5.74) is 2.22. The zero-order valence-electron chi connectivity index (χ0n) is 12.7. The Bertz CT molecular complexity index is 427. The minimum atomic E-state index is 0.195. The van der Waals surface area contributed by atoms with E-state index in [9.17, 15) is 5.11 Å². The maximum absolute atomic E-state index is 9.90. The van der Waals surface area contributed by atoms with Gasteiger partial charge in [-0.3, -0.25) is 0 Å². The van der Waals surface area contributed by atoms with E-state index in [1.807, 2.05) is 19.1 Å². The number of rotatable bonds is 9. The zero-order chi connectivity index (χ0) is 14.8. The molecule has 0 aliphatic carbocycles. The predicted octanol–water partition coefficient (Wildman–Crippen LogP) is 5.02. The molecule has 0 heterocycles. The molecular weight excluding hydrogens is 250 g/mol. The van der Waals surface area contributed by atoms with Crippen molar-refractivity contribution in [2.75, 3.05) is 0 Å². The summed E-state index contributed by atoms with van der Waals surface area (Å²) >= 11 is 0. The van der Waals surface area contributed by atoms with Crippen LogP contribution in [0.4, 0.5) is 0 Å². The van der Waals surface area contributed by atoms with Crippen molar-refractivity contribution in [2.24, 2.45) is 5.16 Å². The van der Waals surface area contributed by atoms with E-state index in [-0.39, 0.29) is 5.75 Å². The second kappa shape index (κ2) is 9.40. The van der Waals surface area contributed by atoms with Crippen LogP contribution in [0.1, 0.15) is 69.4 Å². The van der Waals surface area contributed by atoms with Crippen molar-refractivity contribution >= 4 is 5.71 Å². The standard InChI is InChI=1S/C17H27NO2/c1-3-4-5-6-7-8-9-10-16(18-20)15-12-11-14(2)13-17(15)19/h11-13,19-20H,3-10H2,1-2H3/b18-16+. The van der Waals surface area contributed by atoms with Crippen LogP contribution in [0.5, 0.6) is 5.75 Å². The highest BCUT2D eigenvalue weighted by Crippen LogP contribution is 2.22. The van der Waals surface area contributed by atoms with Gasteiger partial charge in [-0.05, 0) is 37.5 Å². The molecule has 0 bridgehead atoms. The number of benzene rings is 1. The van der Waals surface area contributed by atoms with E-state index in [4.69, 9.17) is 5.21 Å². The SMILES string of the molecule is CCCCCCCCC/C(=N\O)c1ccc(C)cc1O. The van der Waals surface area contributed by atoms with Gasteiger partial charge in [0.15, 0.2) is 0 Å². The van der Waals surface area contributed by atoms with Gasteiger partial charge in [-0.25, -0.2) is 0 Å². The third kappa shape index (κ3) is 5.64. The highest BCUT2D eigenvalue weighted by atomic mass is 16.4. The van der Waals surface area contributed by atoms with E-state index in [1.54, 1.807) is 6.07 Å². The molecule has 1 aromatic carbocycles. The molecule has 0 aliphatic heterocycles. The van der Waals surface area contributed by atoms with Gasteiger partial charge in [0.05, 0.1) is 5.71 Å². The van der Waals surface area contributed by atoms with Gasteiger partial charge in [0.1, 0.15) is 5.75 Å². The Hall–Kier alpha value is -1.51. The number of phenols is 1. The summed E-state index contributed by atoms with van der Waals surface area (Å²) in [6.45, 7) is 4.15. The first-order chi connectivity index (χ1) is 9.69. The number of hydrogen-bond donors (Lipinski definition) is 2. The number of hydrogen-bond acceptors (Lipinski definition) is 3. The summed E-state index contributed by atoms with van der Waals surface area (Å²) in [4.78, 5) is 0. The highest BCUT2D eigenvalue weighted by molar-refractivity contribution is 6.02. The lowest BCUT2D eigenvalue weighted by atomic mass is 10.0. The fourth-order valence-electron chi connectivity index (χ4n) is 2.37. The van der Waals surface area contributed by atoms with Crippen LogP contribution in [0, 0.1) is 6.92 Å². The van der Waals surface area contributed by atoms with Crippen molar-refractivity contribution < 1.29 is 10.3 Å². The lowest BCUT2D eigenvalue weighted by Crippen LogP contribution is -2.02. The summed E-state index contributed by atoms with van der Waals surface area (Å²) < 4.78 is 0. The fraction of sp³-hybridized carbons (Fsp3) is 0.588. The van der Waals surface area contributed by atoms with Gasteiger partial charge >= 0.3 is 0 Å². The first-order valence-electron chi connectivity index (χ1n) is 7.70. The van der Waals surface area contributed by atoms with Crippen molar-refractivity contribution in [3.8, 4) is 5.75 Å². The van der Waals surface area contributed by atoms with Crippen molar-refractivity contribution in [3.05, 3.63) is 29.3 Å². The molecule has 0 unspecified atom stereocenters. The Balaban J connectivity index is 2.37. The van der Waals surface area contributed by atoms with E-state index in [0.29, 0.717) is 17.7 Å². The third-order valence-electron chi connectivity index (χ3n) is 3.60. The average Bonchev–Trinajstić information content (AvgIpc) is 2.43. The highest BCUT2D eigenvalue weighted by Gasteiger charge is 2.09. The van der Waals surface area contributed by atoms with Gasteiger partial charge in [0, 0.05) is 5.56 Å². The molecule has 0 saturated carbocycles. The number of oxime groups is 1. The first kappa shape index (κ1) is 16.5. The molecule has 1 aromatic rings. The minimum absolute atomic E-state index is 0.195. The number of aryl methyl sites for hydroxylation is 1. The number of phenolic OH excluding ortho intramolecular Hbond substituents is 1. The Kier molecular flexibility index (Phi) is 7.78. The molecule has 0 radical (unpaired) electrons. The normalized spacial score (nSPS) is 11.8. The molecule has 3 heteroatoms. The van der Waals surface area contributed by atoms with Gasteiger partial charge in [0.2, 0.25) is 0 Å². The van der Waals surface area contributed by atoms with E-state index in [2.05, 4.69) is 12.1 Å². The first-order valence-corrected chi connectivity index (χ1v) is 7.70. The Morgan fingerprint density at radius 2 is 1.70 bits per heavy atom. The topological polar surface area (TPSA) is 52.8 Å². The van der Waals surface area contributed by atoms with Gasteiger partial charge in [-0.15, -0.1) is 0 Å². The van der Waals surface area contributed by atoms with E-state index in [0.717, 1.165) is 18.4 Å². The van der Waals surface area contributed by atoms with Crippen molar-refractivity contribution in [1.29, 1.82) is 0 Å². The van der Waals surface area contributed by atoms with Gasteiger partial charge in [0.25, 0.3) is 0 Å². The van der Waals surface area contributed by atoms with Gasteiger partial charge in [-0.1, -0.05) is 56.7 Å². The van der Waals surface area contributed by atoms with Gasteiger partial charge < -0.3 is 10.3 Å². The van der Waals surface area contributed by atoms with Crippen LogP contribution in [-0.2, 0) is 0 Å². The van der Waals surface area contributed by atoms with Crippen LogP contribution in [0.3, 0.4) is 0 Å². The Labute approximate surface area is 122 Å². The largest absolute Gasteiger partial charge is 0.507 e. The zero-order valence-corrected chi connectivity index (χ0v) is 12.7. The van der Waals surface area contributed by atoms with Crippen LogP contribution < -0.4 is 0 Å². The fourth-order valence-corrected chi connectivity index (χ4v) is 2.37. The molecule has 0 aromatic heterocycles. The summed E-state index contributed by atoms with van der Waals surface area (Å²) in [6, 6.07) is 5.44. The molecule has 2 N–H and O–H groups in total. The van der Waals surface area contributed by atoms with E-state index < -0.39 is 0 Å². The molecule has 0 atom stereocenters. The smallest absolute Gasteiger partial charge is 0.125 e. The summed E-state index contributed by atoms with van der Waals surface area (Å²) in [5.74, 6) is 0.195. The molecule has 0 spiro atoms. The molecular formula is C17H27NO2. The van der Waals surface area contributed by atoms with Crippen LogP contribution in [0.25, 0.3) is 0 Å². The molecule has 0 saturated heterocycles. The maximum atomic E-state index is 9.90. The molecule has 112 valence electrons. The predicted molar refractivity (Wildman–Crippen MR) is 83.8 cm³/mol. The van der Waals surface area contributed by atoms with Crippen molar-refractivity contribution in [2.45, 2.75) is 65.2 Å². The monoisotopic (exact) mass is 277 g/mol. The quantitative estimate of drug-likeness (QED) is 0.288. The minimum Gasteiger partial charge on any atom is -0.507 e. The molecule has 20 heavy (non-hydrogen) atoms. The summed E-state index contributed by atoms with van der Waals surface area (Å²) in [7, 11) is 0. The second-order valence-electron chi connectivity index (χ2n) is 5.44. The summed E-state index contributed by atoms with van der Waals surface area (Å²) in [5, 5.41) is 22.4. The number of unbranched alkanes of at least 4 members (excludes halogenated alkanes) is 6. The Morgan fingerprint density at radius 1 is 1.05 bits per heavy atom. The second-order valence-corrected chi connectivity index (χ2v) is 5.44.